The van der Waals surface area contributed by atoms with Crippen LogP contribution in [0.3, 0.4) is 0 Å². The fourth-order valence-electron chi connectivity index (χ4n) is 4.21. The second-order valence-electron chi connectivity index (χ2n) is 9.35. The fraction of sp³-hybridized carbons (Fsp3) is 0.310. The van der Waals surface area contributed by atoms with E-state index in [2.05, 4.69) is 5.32 Å². The zero-order valence-corrected chi connectivity index (χ0v) is 24.4. The summed E-state index contributed by atoms with van der Waals surface area (Å²) >= 11 is 5.78. The number of alkyl halides is 3. The Labute approximate surface area is 247 Å². The molecule has 2 amide bonds. The molecule has 1 N–H and O–H groups in total. The van der Waals surface area contributed by atoms with Crippen LogP contribution in [-0.4, -0.2) is 44.3 Å². The summed E-state index contributed by atoms with van der Waals surface area (Å²) in [4.78, 5) is 27.9. The van der Waals surface area contributed by atoms with E-state index in [4.69, 9.17) is 11.6 Å². The largest absolute Gasteiger partial charge is 0.417 e. The van der Waals surface area contributed by atoms with Gasteiger partial charge in [-0.1, -0.05) is 55.8 Å². The van der Waals surface area contributed by atoms with Gasteiger partial charge in [0, 0.05) is 13.1 Å². The van der Waals surface area contributed by atoms with Gasteiger partial charge in [0.2, 0.25) is 11.8 Å². The lowest BCUT2D eigenvalue weighted by Gasteiger charge is -2.33. The highest BCUT2D eigenvalue weighted by molar-refractivity contribution is 7.92. The molecule has 226 valence electrons. The summed E-state index contributed by atoms with van der Waals surface area (Å²) in [6.45, 7) is 2.71. The molecule has 3 aromatic carbocycles. The Bertz CT molecular complexity index is 1490. The van der Waals surface area contributed by atoms with E-state index in [0.29, 0.717) is 28.9 Å². The Hall–Kier alpha value is -3.64. The number of anilines is 1. The molecule has 0 unspecified atom stereocenters. The molecule has 0 aliphatic rings. The Morgan fingerprint density at radius 3 is 2.19 bits per heavy atom. The molecule has 42 heavy (non-hydrogen) atoms. The van der Waals surface area contributed by atoms with Gasteiger partial charge in [0.15, 0.2) is 0 Å². The number of carbonyl (C=O) groups excluding carboxylic acids is 2. The molecule has 0 aromatic heterocycles. The fourth-order valence-corrected chi connectivity index (χ4v) is 5.86. The minimum absolute atomic E-state index is 0.146. The van der Waals surface area contributed by atoms with Crippen molar-refractivity contribution in [3.63, 3.8) is 0 Å². The van der Waals surface area contributed by atoms with Crippen LogP contribution in [0.15, 0.2) is 77.7 Å². The van der Waals surface area contributed by atoms with Crippen molar-refractivity contribution in [3.8, 4) is 0 Å². The maximum Gasteiger partial charge on any atom is 0.417 e. The summed E-state index contributed by atoms with van der Waals surface area (Å²) < 4.78 is 82.8. The number of amides is 2. The highest BCUT2D eigenvalue weighted by atomic mass is 35.5. The SMILES string of the molecule is CCCNC(=O)[C@@H](CC)N(Cc1ccc(F)cc1)C(=O)CN(c1ccc(Cl)c(C(F)(F)F)c1)S(=O)(=O)c1ccccc1. The Kier molecular flexibility index (Phi) is 11.0. The van der Waals surface area contributed by atoms with Crippen LogP contribution in [0.25, 0.3) is 0 Å². The van der Waals surface area contributed by atoms with Gasteiger partial charge in [-0.2, -0.15) is 13.2 Å². The molecular weight excluding hydrogens is 598 g/mol. The molecule has 0 radical (unpaired) electrons. The van der Waals surface area contributed by atoms with Gasteiger partial charge < -0.3 is 10.2 Å². The molecule has 0 saturated carbocycles. The molecule has 0 aliphatic carbocycles. The van der Waals surface area contributed by atoms with Crippen LogP contribution in [0.1, 0.15) is 37.8 Å². The summed E-state index contributed by atoms with van der Waals surface area (Å²) in [5, 5.41) is 2.07. The van der Waals surface area contributed by atoms with E-state index in [1.807, 2.05) is 6.92 Å². The summed E-state index contributed by atoms with van der Waals surface area (Å²) in [6, 6.07) is 13.6. The van der Waals surface area contributed by atoms with E-state index in [0.717, 1.165) is 17.0 Å². The van der Waals surface area contributed by atoms with E-state index >= 15 is 0 Å². The number of benzene rings is 3. The number of hydrogen-bond acceptors (Lipinski definition) is 4. The normalized spacial score (nSPS) is 12.5. The van der Waals surface area contributed by atoms with E-state index in [1.165, 1.54) is 48.5 Å². The molecule has 1 atom stereocenters. The monoisotopic (exact) mass is 627 g/mol. The van der Waals surface area contributed by atoms with Gasteiger partial charge in [0.1, 0.15) is 18.4 Å². The average Bonchev–Trinajstić information content (AvgIpc) is 2.95. The number of nitrogens with zero attached hydrogens (tertiary/aromatic N) is 2. The molecule has 0 spiro atoms. The van der Waals surface area contributed by atoms with Gasteiger partial charge in [-0.15, -0.1) is 0 Å². The zero-order chi connectivity index (χ0) is 31.1. The van der Waals surface area contributed by atoms with Gasteiger partial charge >= 0.3 is 6.18 Å². The summed E-state index contributed by atoms with van der Waals surface area (Å²) in [6.07, 6.45) is -4.14. The lowest BCUT2D eigenvalue weighted by Crippen LogP contribution is -2.52. The molecule has 0 bridgehead atoms. The first-order valence-electron chi connectivity index (χ1n) is 13.1. The van der Waals surface area contributed by atoms with Crippen molar-refractivity contribution in [3.05, 3.63) is 94.8 Å². The molecule has 0 aliphatic heterocycles. The second kappa shape index (κ2) is 14.0. The van der Waals surface area contributed by atoms with Crippen molar-refractivity contribution in [2.24, 2.45) is 0 Å². The molecule has 3 aromatic rings. The van der Waals surface area contributed by atoms with E-state index in [9.17, 15) is 35.6 Å². The zero-order valence-electron chi connectivity index (χ0n) is 22.9. The van der Waals surface area contributed by atoms with Crippen LogP contribution in [-0.2, 0) is 32.3 Å². The Morgan fingerprint density at radius 1 is 0.976 bits per heavy atom. The molecule has 0 heterocycles. The summed E-state index contributed by atoms with van der Waals surface area (Å²) in [7, 11) is -4.58. The van der Waals surface area contributed by atoms with Gasteiger partial charge in [0.05, 0.1) is 21.2 Å². The highest BCUT2D eigenvalue weighted by Crippen LogP contribution is 2.38. The van der Waals surface area contributed by atoms with Crippen molar-refractivity contribution in [1.29, 1.82) is 0 Å². The van der Waals surface area contributed by atoms with Crippen LogP contribution in [0, 0.1) is 5.82 Å². The highest BCUT2D eigenvalue weighted by Gasteiger charge is 2.37. The van der Waals surface area contributed by atoms with Crippen molar-refractivity contribution in [1.82, 2.24) is 10.2 Å². The quantitative estimate of drug-likeness (QED) is 0.249. The maximum absolute atomic E-state index is 13.9. The van der Waals surface area contributed by atoms with Crippen LogP contribution in [0.5, 0.6) is 0 Å². The smallest absolute Gasteiger partial charge is 0.354 e. The Balaban J connectivity index is 2.12. The lowest BCUT2D eigenvalue weighted by atomic mass is 10.1. The number of carbonyl (C=O) groups is 2. The first-order chi connectivity index (χ1) is 19.8. The van der Waals surface area contributed by atoms with Crippen LogP contribution in [0.4, 0.5) is 23.2 Å². The van der Waals surface area contributed by atoms with Gasteiger partial charge in [-0.25, -0.2) is 12.8 Å². The van der Waals surface area contributed by atoms with E-state index < -0.39 is 62.7 Å². The van der Waals surface area contributed by atoms with Gasteiger partial charge in [-0.3, -0.25) is 13.9 Å². The second-order valence-corrected chi connectivity index (χ2v) is 11.6. The average molecular weight is 628 g/mol. The van der Waals surface area contributed by atoms with Crippen LogP contribution in [0.2, 0.25) is 5.02 Å². The molecule has 13 heteroatoms. The third-order valence-electron chi connectivity index (χ3n) is 6.35. The summed E-state index contributed by atoms with van der Waals surface area (Å²) in [5.74, 6) is -1.87. The molecule has 3 rings (SSSR count). The third kappa shape index (κ3) is 8.01. The lowest BCUT2D eigenvalue weighted by molar-refractivity contribution is -0.140. The van der Waals surface area contributed by atoms with E-state index in [1.54, 1.807) is 13.0 Å². The predicted octanol–water partition coefficient (Wildman–Crippen LogP) is 6.03. The minimum atomic E-state index is -4.90. The topological polar surface area (TPSA) is 86.8 Å². The first kappa shape index (κ1) is 32.9. The standard InChI is InChI=1S/C29H30ClF4N3O4S/c1-3-16-35-28(39)26(4-2)36(18-20-10-12-21(31)13-11-20)27(38)19-37(42(40,41)23-8-6-5-7-9-23)22-14-15-25(30)24(17-22)29(32,33)34/h5-15,17,26H,3-4,16,18-19H2,1-2H3,(H,35,39)/t26-/m1/s1. The number of hydrogen-bond donors (Lipinski definition) is 1. The van der Waals surface area contributed by atoms with Crippen molar-refractivity contribution in [2.45, 2.75) is 50.3 Å². The number of rotatable bonds is 12. The van der Waals surface area contributed by atoms with Gasteiger partial charge in [-0.05, 0) is 60.9 Å². The van der Waals surface area contributed by atoms with Crippen molar-refractivity contribution >= 4 is 39.1 Å². The van der Waals surface area contributed by atoms with Crippen LogP contribution < -0.4 is 9.62 Å². The summed E-state index contributed by atoms with van der Waals surface area (Å²) in [5.41, 5.74) is -1.28. The number of nitrogens with one attached hydrogen (secondary N) is 1. The van der Waals surface area contributed by atoms with Crippen molar-refractivity contribution in [2.75, 3.05) is 17.4 Å². The third-order valence-corrected chi connectivity index (χ3v) is 8.47. The van der Waals surface area contributed by atoms with Crippen molar-refractivity contribution < 1.29 is 35.6 Å². The number of halogens is 5. The minimum Gasteiger partial charge on any atom is -0.354 e. The van der Waals surface area contributed by atoms with E-state index in [-0.39, 0.29) is 17.9 Å². The maximum atomic E-state index is 13.9. The first-order valence-corrected chi connectivity index (χ1v) is 14.9. The molecule has 0 fully saturated rings. The van der Waals surface area contributed by atoms with Crippen LogP contribution >= 0.6 is 11.6 Å². The number of sulfonamides is 1. The Morgan fingerprint density at radius 2 is 1.62 bits per heavy atom. The molecule has 0 saturated heterocycles. The molecule has 7 nitrogen and oxygen atoms in total. The molecular formula is C29H30ClF4N3O4S. The van der Waals surface area contributed by atoms with Gasteiger partial charge in [0.25, 0.3) is 10.0 Å². The predicted molar refractivity (Wildman–Crippen MR) is 152 cm³/mol.